The Kier molecular flexibility index (Phi) is 6.05. The molecule has 1 atom stereocenters. The highest BCUT2D eigenvalue weighted by Gasteiger charge is 2.26. The number of methoxy groups -OCH3 is 1. The van der Waals surface area contributed by atoms with Crippen molar-refractivity contribution in [2.24, 2.45) is 5.92 Å². The van der Waals surface area contributed by atoms with Crippen LogP contribution in [-0.2, 0) is 9.53 Å². The average molecular weight is 278 g/mol. The van der Waals surface area contributed by atoms with Crippen LogP contribution in [0.5, 0.6) is 5.75 Å². The molecule has 0 amide bonds. The summed E-state index contributed by atoms with van der Waals surface area (Å²) in [5.74, 6) is 4.06. The molecule has 0 N–H and O–H groups in total. The average Bonchev–Trinajstić information content (AvgIpc) is 2.39. The van der Waals surface area contributed by atoms with Crippen molar-refractivity contribution in [3.8, 4) is 17.6 Å². The molecule has 0 fully saturated rings. The Balaban J connectivity index is 2.98. The zero-order valence-corrected chi connectivity index (χ0v) is 12.2. The molecule has 0 radical (unpaired) electrons. The molecular formula is C16H19FO3. The van der Waals surface area contributed by atoms with E-state index in [1.54, 1.807) is 13.0 Å². The summed E-state index contributed by atoms with van der Waals surface area (Å²) in [6.07, 6.45) is 0. The zero-order valence-electron chi connectivity index (χ0n) is 12.2. The molecule has 0 saturated carbocycles. The summed E-state index contributed by atoms with van der Waals surface area (Å²) in [6, 6.07) is 4.51. The number of hydrogen-bond donors (Lipinski definition) is 0. The number of benzene rings is 1. The first-order chi connectivity index (χ1) is 9.51. The van der Waals surface area contributed by atoms with Gasteiger partial charge in [0.05, 0.1) is 13.0 Å². The Hall–Kier alpha value is -2.02. The van der Waals surface area contributed by atoms with E-state index in [2.05, 4.69) is 11.8 Å². The molecule has 108 valence electrons. The SMILES string of the molecule is CC#CCOC(=O)C(c1ccc(OC)c(F)c1)C(C)C. The third-order valence-corrected chi connectivity index (χ3v) is 2.92. The number of ether oxygens (including phenoxy) is 2. The molecule has 0 heterocycles. The Labute approximate surface area is 119 Å². The highest BCUT2D eigenvalue weighted by molar-refractivity contribution is 5.78. The number of hydrogen-bond acceptors (Lipinski definition) is 3. The highest BCUT2D eigenvalue weighted by Crippen LogP contribution is 2.29. The maximum atomic E-state index is 13.7. The van der Waals surface area contributed by atoms with Crippen LogP contribution < -0.4 is 4.74 Å². The fraction of sp³-hybridized carbons (Fsp3) is 0.438. The van der Waals surface area contributed by atoms with Crippen LogP contribution in [-0.4, -0.2) is 19.7 Å². The van der Waals surface area contributed by atoms with E-state index in [9.17, 15) is 9.18 Å². The number of rotatable bonds is 5. The molecular weight excluding hydrogens is 259 g/mol. The van der Waals surface area contributed by atoms with Gasteiger partial charge in [0.25, 0.3) is 0 Å². The predicted molar refractivity (Wildman–Crippen MR) is 74.9 cm³/mol. The molecule has 0 aliphatic carbocycles. The monoisotopic (exact) mass is 278 g/mol. The number of esters is 1. The fourth-order valence-electron chi connectivity index (χ4n) is 1.94. The van der Waals surface area contributed by atoms with E-state index in [1.165, 1.54) is 19.2 Å². The lowest BCUT2D eigenvalue weighted by molar-refractivity contribution is -0.145. The summed E-state index contributed by atoms with van der Waals surface area (Å²) >= 11 is 0. The maximum Gasteiger partial charge on any atom is 0.314 e. The van der Waals surface area contributed by atoms with Crippen molar-refractivity contribution in [2.75, 3.05) is 13.7 Å². The Bertz CT molecular complexity index is 526. The second-order valence-corrected chi connectivity index (χ2v) is 4.65. The van der Waals surface area contributed by atoms with Gasteiger partial charge in [0.15, 0.2) is 18.2 Å². The number of carbonyl (C=O) groups is 1. The third kappa shape index (κ3) is 3.99. The quantitative estimate of drug-likeness (QED) is 0.613. The molecule has 0 aliphatic rings. The van der Waals surface area contributed by atoms with E-state index in [1.807, 2.05) is 13.8 Å². The van der Waals surface area contributed by atoms with E-state index in [0.717, 1.165) is 0 Å². The first-order valence-corrected chi connectivity index (χ1v) is 6.41. The lowest BCUT2D eigenvalue weighted by Gasteiger charge is -2.19. The topological polar surface area (TPSA) is 35.5 Å². The van der Waals surface area contributed by atoms with Crippen LogP contribution in [0.1, 0.15) is 32.3 Å². The number of halogens is 1. The molecule has 1 aromatic rings. The van der Waals surface area contributed by atoms with Crippen molar-refractivity contribution in [3.05, 3.63) is 29.6 Å². The summed E-state index contributed by atoms with van der Waals surface area (Å²) < 4.78 is 23.7. The first kappa shape index (κ1) is 16.0. The van der Waals surface area contributed by atoms with Gasteiger partial charge in [-0.2, -0.15) is 0 Å². The minimum Gasteiger partial charge on any atom is -0.494 e. The van der Waals surface area contributed by atoms with Gasteiger partial charge in [-0.15, -0.1) is 5.92 Å². The van der Waals surface area contributed by atoms with Gasteiger partial charge in [0.1, 0.15) is 0 Å². The molecule has 4 heteroatoms. The van der Waals surface area contributed by atoms with E-state index in [0.29, 0.717) is 5.56 Å². The molecule has 0 bridgehead atoms. The fourth-order valence-corrected chi connectivity index (χ4v) is 1.94. The van der Waals surface area contributed by atoms with Gasteiger partial charge in [-0.05, 0) is 30.5 Å². The van der Waals surface area contributed by atoms with Crippen molar-refractivity contribution < 1.29 is 18.7 Å². The molecule has 3 nitrogen and oxygen atoms in total. The third-order valence-electron chi connectivity index (χ3n) is 2.92. The van der Waals surface area contributed by atoms with Crippen molar-refractivity contribution in [2.45, 2.75) is 26.7 Å². The van der Waals surface area contributed by atoms with Crippen LogP contribution >= 0.6 is 0 Å². The van der Waals surface area contributed by atoms with Gasteiger partial charge < -0.3 is 9.47 Å². The normalized spacial score (nSPS) is 11.5. The zero-order chi connectivity index (χ0) is 15.1. The summed E-state index contributed by atoms with van der Waals surface area (Å²) in [6.45, 7) is 5.50. The molecule has 0 aliphatic heterocycles. The minimum atomic E-state index is -0.519. The van der Waals surface area contributed by atoms with Crippen LogP contribution in [0.15, 0.2) is 18.2 Å². The second kappa shape index (κ2) is 7.54. The minimum absolute atomic E-state index is 0.00937. The predicted octanol–water partition coefficient (Wildman–Crippen LogP) is 3.14. The molecule has 20 heavy (non-hydrogen) atoms. The van der Waals surface area contributed by atoms with Crippen LogP contribution in [0.25, 0.3) is 0 Å². The second-order valence-electron chi connectivity index (χ2n) is 4.65. The van der Waals surface area contributed by atoms with Crippen LogP contribution in [0, 0.1) is 23.6 Å². The van der Waals surface area contributed by atoms with Crippen molar-refractivity contribution in [1.82, 2.24) is 0 Å². The van der Waals surface area contributed by atoms with E-state index in [4.69, 9.17) is 9.47 Å². The van der Waals surface area contributed by atoms with Gasteiger partial charge in [-0.25, -0.2) is 4.39 Å². The van der Waals surface area contributed by atoms with Gasteiger partial charge in [0.2, 0.25) is 0 Å². The van der Waals surface area contributed by atoms with E-state index in [-0.39, 0.29) is 18.3 Å². The van der Waals surface area contributed by atoms with E-state index < -0.39 is 17.7 Å². The van der Waals surface area contributed by atoms with Gasteiger partial charge in [0, 0.05) is 0 Å². The van der Waals surface area contributed by atoms with Crippen molar-refractivity contribution in [1.29, 1.82) is 0 Å². The smallest absolute Gasteiger partial charge is 0.314 e. The lowest BCUT2D eigenvalue weighted by Crippen LogP contribution is -2.21. The van der Waals surface area contributed by atoms with Crippen molar-refractivity contribution >= 4 is 5.97 Å². The Morgan fingerprint density at radius 1 is 1.40 bits per heavy atom. The summed E-state index contributed by atoms with van der Waals surface area (Å²) in [5.41, 5.74) is 0.577. The first-order valence-electron chi connectivity index (χ1n) is 6.41. The van der Waals surface area contributed by atoms with E-state index >= 15 is 0 Å². The van der Waals surface area contributed by atoms with Crippen LogP contribution in [0.3, 0.4) is 0 Å². The van der Waals surface area contributed by atoms with Crippen molar-refractivity contribution in [3.63, 3.8) is 0 Å². The maximum absolute atomic E-state index is 13.7. The standard InChI is InChI=1S/C16H19FO3/c1-5-6-9-20-16(18)15(11(2)3)12-7-8-14(19-4)13(17)10-12/h7-8,10-11,15H,9H2,1-4H3. The summed E-state index contributed by atoms with van der Waals surface area (Å²) in [7, 11) is 1.40. The van der Waals surface area contributed by atoms with Gasteiger partial charge in [-0.3, -0.25) is 4.79 Å². The summed E-state index contributed by atoms with van der Waals surface area (Å²) in [4.78, 5) is 12.1. The van der Waals surface area contributed by atoms with Gasteiger partial charge >= 0.3 is 5.97 Å². The van der Waals surface area contributed by atoms with Crippen LogP contribution in [0.2, 0.25) is 0 Å². The molecule has 1 unspecified atom stereocenters. The van der Waals surface area contributed by atoms with Crippen LogP contribution in [0.4, 0.5) is 4.39 Å². The molecule has 1 rings (SSSR count). The van der Waals surface area contributed by atoms with Gasteiger partial charge in [-0.1, -0.05) is 25.8 Å². The Morgan fingerprint density at radius 2 is 2.10 bits per heavy atom. The summed E-state index contributed by atoms with van der Waals surface area (Å²) in [5, 5.41) is 0. The highest BCUT2D eigenvalue weighted by atomic mass is 19.1. The largest absolute Gasteiger partial charge is 0.494 e. The molecule has 0 spiro atoms. The molecule has 0 aromatic heterocycles. The Morgan fingerprint density at radius 3 is 2.60 bits per heavy atom. The number of carbonyl (C=O) groups excluding carboxylic acids is 1. The molecule has 1 aromatic carbocycles. The lowest BCUT2D eigenvalue weighted by atomic mass is 9.88. The molecule has 0 saturated heterocycles.